The van der Waals surface area contributed by atoms with E-state index in [9.17, 15) is 31.5 Å². The fourth-order valence-corrected chi connectivity index (χ4v) is 5.67. The van der Waals surface area contributed by atoms with Crippen molar-refractivity contribution < 1.29 is 31.5 Å². The Bertz CT molecular complexity index is 1310. The van der Waals surface area contributed by atoms with Crippen LogP contribution >= 0.6 is 0 Å². The maximum Gasteiger partial charge on any atom is 0.418 e. The molecule has 0 bridgehead atoms. The Morgan fingerprint density at radius 3 is 2.41 bits per heavy atom. The highest BCUT2D eigenvalue weighted by Crippen LogP contribution is 2.41. The lowest BCUT2D eigenvalue weighted by molar-refractivity contribution is -0.140. The summed E-state index contributed by atoms with van der Waals surface area (Å²) in [5.41, 5.74) is -1.59. The number of hydrogen-bond donors (Lipinski definition) is 2. The van der Waals surface area contributed by atoms with Crippen LogP contribution in [0.4, 0.5) is 45.1 Å². The highest BCUT2D eigenvalue weighted by molar-refractivity contribution is 6.02. The van der Waals surface area contributed by atoms with Crippen LogP contribution < -0.4 is 20.4 Å². The number of hydrogen-bond acceptors (Lipinski definition) is 7. The van der Waals surface area contributed by atoms with E-state index in [1.54, 1.807) is 0 Å². The van der Waals surface area contributed by atoms with Gasteiger partial charge in [-0.05, 0) is 64.0 Å². The number of benzene rings is 1. The van der Waals surface area contributed by atoms with Gasteiger partial charge in [0.25, 0.3) is 11.8 Å². The molecule has 1 saturated carbocycles. The highest BCUT2D eigenvalue weighted by atomic mass is 19.4. The molecule has 2 amide bonds. The summed E-state index contributed by atoms with van der Waals surface area (Å²) in [5, 5.41) is 5.38. The molecule has 1 aliphatic carbocycles. The molecule has 1 saturated heterocycles. The molecule has 3 heterocycles. The maximum absolute atomic E-state index is 14.8. The smallest absolute Gasteiger partial charge is 0.349 e. The molecule has 222 valence electrons. The number of rotatable bonds is 5. The summed E-state index contributed by atoms with van der Waals surface area (Å²) in [4.78, 5) is 37.9. The number of nitrogens with zero attached hydrogens (tertiary/aromatic N) is 5. The molecule has 2 fully saturated rings. The second kappa shape index (κ2) is 11.0. The average molecular weight is 582 g/mol. The monoisotopic (exact) mass is 581 g/mol. The predicted molar refractivity (Wildman–Crippen MR) is 143 cm³/mol. The second-order valence-corrected chi connectivity index (χ2v) is 11.0. The molecule has 1 aromatic heterocycles. The first-order chi connectivity index (χ1) is 19.3. The molecular formula is C27H32F5N7O2. The average Bonchev–Trinajstić information content (AvgIpc) is 3.44. The minimum Gasteiger partial charge on any atom is -0.349 e. The number of carbonyl (C=O) groups is 2. The van der Waals surface area contributed by atoms with Crippen molar-refractivity contribution >= 4 is 35.0 Å². The lowest BCUT2D eigenvalue weighted by atomic mass is 10.0. The number of anilines is 4. The van der Waals surface area contributed by atoms with E-state index >= 15 is 0 Å². The van der Waals surface area contributed by atoms with Crippen LogP contribution in [-0.4, -0.2) is 78.4 Å². The standard InChI is InChI=1S/C27H32F5N7O2/c1-37-11-9-17(10-12-37)34-23(40)16-7-8-20(19(13-16)27(30,31)32)35-25-33-14-21-22(36-25)39(18-5-3-4-6-18)15-26(28,29)24(41)38(21)2/h7-8,13-14,17-18H,3-6,9-12,15H2,1-2H3,(H,34,40)(H,33,35,36). The summed E-state index contributed by atoms with van der Waals surface area (Å²) < 4.78 is 72.0. The molecular weight excluding hydrogens is 549 g/mol. The molecule has 9 nitrogen and oxygen atoms in total. The lowest BCUT2D eigenvalue weighted by Gasteiger charge is -2.31. The quantitative estimate of drug-likeness (QED) is 0.505. The van der Waals surface area contributed by atoms with Crippen LogP contribution in [0.15, 0.2) is 24.4 Å². The molecule has 2 N–H and O–H groups in total. The fraction of sp³-hybridized carbons (Fsp3) is 0.556. The van der Waals surface area contributed by atoms with Gasteiger partial charge in [0.2, 0.25) is 5.95 Å². The van der Waals surface area contributed by atoms with E-state index in [-0.39, 0.29) is 35.1 Å². The first kappa shape index (κ1) is 29.0. The summed E-state index contributed by atoms with van der Waals surface area (Å²) in [6, 6.07) is 2.76. The first-order valence-corrected chi connectivity index (χ1v) is 13.6. The number of carbonyl (C=O) groups excluding carboxylic acids is 2. The molecule has 3 aliphatic rings. The molecule has 0 unspecified atom stereocenters. The minimum absolute atomic E-state index is 0.0431. The fourth-order valence-electron chi connectivity index (χ4n) is 5.67. The van der Waals surface area contributed by atoms with Gasteiger partial charge >= 0.3 is 12.1 Å². The number of fused-ring (bicyclic) bond motifs is 1. The van der Waals surface area contributed by atoms with E-state index in [1.807, 2.05) is 7.05 Å². The molecule has 5 rings (SSSR count). The Morgan fingerprint density at radius 2 is 1.76 bits per heavy atom. The van der Waals surface area contributed by atoms with E-state index in [1.165, 1.54) is 18.0 Å². The van der Waals surface area contributed by atoms with Crippen LogP contribution in [0.2, 0.25) is 0 Å². The van der Waals surface area contributed by atoms with Gasteiger partial charge in [-0.3, -0.25) is 9.59 Å². The predicted octanol–water partition coefficient (Wildman–Crippen LogP) is 4.42. The van der Waals surface area contributed by atoms with Gasteiger partial charge in [0, 0.05) is 24.7 Å². The molecule has 0 spiro atoms. The number of halogens is 5. The number of alkyl halides is 5. The molecule has 0 atom stereocenters. The Balaban J connectivity index is 1.44. The Labute approximate surface area is 234 Å². The summed E-state index contributed by atoms with van der Waals surface area (Å²) in [6.45, 7) is 0.670. The van der Waals surface area contributed by atoms with Gasteiger partial charge in [-0.2, -0.15) is 26.9 Å². The Hall–Kier alpha value is -3.55. The molecule has 2 aliphatic heterocycles. The van der Waals surface area contributed by atoms with Gasteiger partial charge in [-0.15, -0.1) is 0 Å². The van der Waals surface area contributed by atoms with Gasteiger partial charge in [0.15, 0.2) is 5.82 Å². The summed E-state index contributed by atoms with van der Waals surface area (Å²) in [7, 11) is 3.16. The molecule has 0 radical (unpaired) electrons. The lowest BCUT2D eigenvalue weighted by Crippen LogP contribution is -2.48. The van der Waals surface area contributed by atoms with Crippen LogP contribution in [0.5, 0.6) is 0 Å². The summed E-state index contributed by atoms with van der Waals surface area (Å²) in [5.74, 6) is -5.90. The van der Waals surface area contributed by atoms with Crippen LogP contribution in [-0.2, 0) is 11.0 Å². The Morgan fingerprint density at radius 1 is 1.07 bits per heavy atom. The zero-order valence-corrected chi connectivity index (χ0v) is 22.8. The zero-order chi connectivity index (χ0) is 29.5. The van der Waals surface area contributed by atoms with E-state index in [2.05, 4.69) is 25.5 Å². The number of piperidine rings is 1. The van der Waals surface area contributed by atoms with E-state index < -0.39 is 41.7 Å². The van der Waals surface area contributed by atoms with Crippen LogP contribution in [0.1, 0.15) is 54.4 Å². The van der Waals surface area contributed by atoms with E-state index in [0.717, 1.165) is 49.2 Å². The molecule has 14 heteroatoms. The first-order valence-electron chi connectivity index (χ1n) is 13.6. The van der Waals surface area contributed by atoms with Gasteiger partial charge in [0.1, 0.15) is 5.69 Å². The third-order valence-corrected chi connectivity index (χ3v) is 8.02. The molecule has 2 aromatic rings. The summed E-state index contributed by atoms with van der Waals surface area (Å²) in [6.07, 6.45) is 0.649. The number of nitrogens with one attached hydrogen (secondary N) is 2. The van der Waals surface area contributed by atoms with Crippen molar-refractivity contribution in [1.29, 1.82) is 0 Å². The topological polar surface area (TPSA) is 93.7 Å². The maximum atomic E-state index is 14.8. The van der Waals surface area contributed by atoms with E-state index in [4.69, 9.17) is 0 Å². The Kier molecular flexibility index (Phi) is 7.79. The number of aromatic nitrogens is 2. The second-order valence-electron chi connectivity index (χ2n) is 11.0. The van der Waals surface area contributed by atoms with Crippen molar-refractivity contribution in [2.75, 3.05) is 48.8 Å². The molecule has 1 aromatic carbocycles. The highest BCUT2D eigenvalue weighted by Gasteiger charge is 2.49. The van der Waals surface area contributed by atoms with Crippen LogP contribution in [0.3, 0.4) is 0 Å². The van der Waals surface area contributed by atoms with Crippen molar-refractivity contribution in [3.8, 4) is 0 Å². The normalized spacial score (nSPS) is 20.6. The van der Waals surface area contributed by atoms with Crippen LogP contribution in [0, 0.1) is 0 Å². The van der Waals surface area contributed by atoms with Crippen molar-refractivity contribution in [2.24, 2.45) is 0 Å². The number of likely N-dealkylation sites (tertiary alicyclic amines) is 1. The SMILES string of the molecule is CN1CCC(NC(=O)c2ccc(Nc3ncc4c(n3)N(C3CCCC3)CC(F)(F)C(=O)N4C)c(C(F)(F)F)c2)CC1. The van der Waals surface area contributed by atoms with Crippen molar-refractivity contribution in [3.63, 3.8) is 0 Å². The van der Waals surface area contributed by atoms with Crippen molar-refractivity contribution in [3.05, 3.63) is 35.5 Å². The third kappa shape index (κ3) is 6.07. The van der Waals surface area contributed by atoms with Crippen molar-refractivity contribution in [1.82, 2.24) is 20.2 Å². The van der Waals surface area contributed by atoms with Gasteiger partial charge in [-0.1, -0.05) is 12.8 Å². The summed E-state index contributed by atoms with van der Waals surface area (Å²) >= 11 is 0. The molecule has 41 heavy (non-hydrogen) atoms. The largest absolute Gasteiger partial charge is 0.418 e. The van der Waals surface area contributed by atoms with Crippen molar-refractivity contribution in [2.45, 2.75) is 62.7 Å². The minimum atomic E-state index is -4.82. The third-order valence-electron chi connectivity index (χ3n) is 8.02. The number of amides is 2. The van der Waals surface area contributed by atoms with E-state index in [0.29, 0.717) is 25.7 Å². The van der Waals surface area contributed by atoms with Gasteiger partial charge < -0.3 is 25.3 Å². The van der Waals surface area contributed by atoms with Gasteiger partial charge in [0.05, 0.1) is 24.0 Å². The zero-order valence-electron chi connectivity index (χ0n) is 22.8. The van der Waals surface area contributed by atoms with Gasteiger partial charge in [-0.25, -0.2) is 4.98 Å². The van der Waals surface area contributed by atoms with Crippen LogP contribution in [0.25, 0.3) is 0 Å².